The molecule has 0 aliphatic heterocycles. The summed E-state index contributed by atoms with van der Waals surface area (Å²) in [6.45, 7) is 0. The van der Waals surface area contributed by atoms with Gasteiger partial charge in [0.05, 0.1) is 0 Å². The van der Waals surface area contributed by atoms with Gasteiger partial charge in [0.25, 0.3) is 0 Å². The number of rotatable bonds is 4. The predicted octanol–water partition coefficient (Wildman–Crippen LogP) is 4.40. The quantitative estimate of drug-likeness (QED) is 0.620. The van der Waals surface area contributed by atoms with E-state index in [2.05, 4.69) is 0 Å². The lowest BCUT2D eigenvalue weighted by Gasteiger charge is -2.01. The number of halogens is 2. The van der Waals surface area contributed by atoms with Crippen molar-refractivity contribution in [3.05, 3.63) is 59.7 Å². The molecule has 2 aromatic rings. The Balaban J connectivity index is 2.34. The smallest absolute Gasteiger partial charge is 0.245 e. The van der Waals surface area contributed by atoms with Gasteiger partial charge in [-0.25, -0.2) is 0 Å². The second kappa shape index (κ2) is 6.51. The monoisotopic (exact) mass is 304 g/mol. The summed E-state index contributed by atoms with van der Waals surface area (Å²) < 4.78 is 0. The number of carbonyl (C=O) groups is 2. The molecule has 0 bridgehead atoms. The molecule has 0 spiro atoms. The molecule has 100 valence electrons. The number of allylic oxidation sites excluding steroid dienone is 2. The summed E-state index contributed by atoms with van der Waals surface area (Å²) in [7, 11) is 0. The normalized spacial score (nSPS) is 11.5. The van der Waals surface area contributed by atoms with E-state index in [-0.39, 0.29) is 0 Å². The zero-order valence-corrected chi connectivity index (χ0v) is 11.9. The number of hydrogen-bond donors (Lipinski definition) is 0. The fraction of sp³-hybridized carbons (Fsp3) is 0. The van der Waals surface area contributed by atoms with Gasteiger partial charge >= 0.3 is 0 Å². The van der Waals surface area contributed by atoms with E-state index in [0.29, 0.717) is 0 Å². The molecule has 0 radical (unpaired) electrons. The second-order valence-corrected chi connectivity index (χ2v) is 4.89. The van der Waals surface area contributed by atoms with Crippen molar-refractivity contribution in [3.8, 4) is 0 Å². The largest absolute Gasteiger partial charge is 0.276 e. The van der Waals surface area contributed by atoms with Crippen LogP contribution in [0.3, 0.4) is 0 Å². The molecule has 0 N–H and O–H groups in total. The van der Waals surface area contributed by atoms with Crippen LogP contribution in [-0.2, 0) is 9.59 Å². The third kappa shape index (κ3) is 4.05. The first-order chi connectivity index (χ1) is 9.54. The first-order valence-electron chi connectivity index (χ1n) is 5.83. The van der Waals surface area contributed by atoms with Crippen molar-refractivity contribution in [1.82, 2.24) is 0 Å². The average Bonchev–Trinajstić information content (AvgIpc) is 2.42. The van der Waals surface area contributed by atoms with Crippen LogP contribution < -0.4 is 0 Å². The summed E-state index contributed by atoms with van der Waals surface area (Å²) in [5.41, 5.74) is 1.79. The van der Waals surface area contributed by atoms with E-state index in [1.54, 1.807) is 12.2 Å². The Morgan fingerprint density at radius 1 is 0.750 bits per heavy atom. The predicted molar refractivity (Wildman–Crippen MR) is 83.7 cm³/mol. The molecule has 0 aromatic heterocycles. The van der Waals surface area contributed by atoms with E-state index in [1.807, 2.05) is 36.4 Å². The van der Waals surface area contributed by atoms with Gasteiger partial charge in [-0.3, -0.25) is 9.59 Å². The number of fused-ring (bicyclic) bond motifs is 1. The van der Waals surface area contributed by atoms with Crippen LogP contribution in [0.15, 0.2) is 48.6 Å². The topological polar surface area (TPSA) is 34.1 Å². The van der Waals surface area contributed by atoms with E-state index in [4.69, 9.17) is 23.2 Å². The molecule has 0 saturated heterocycles. The molecule has 0 aliphatic carbocycles. The Morgan fingerprint density at radius 3 is 1.50 bits per heavy atom. The molecule has 2 nitrogen and oxygen atoms in total. The van der Waals surface area contributed by atoms with Gasteiger partial charge in [-0.15, -0.1) is 0 Å². The van der Waals surface area contributed by atoms with Gasteiger partial charge in [-0.1, -0.05) is 36.4 Å². The van der Waals surface area contributed by atoms with Crippen molar-refractivity contribution in [2.75, 3.05) is 0 Å². The third-order valence-electron chi connectivity index (χ3n) is 2.70. The first-order valence-corrected chi connectivity index (χ1v) is 6.59. The number of carbonyl (C=O) groups excluding carboxylic acids is 2. The van der Waals surface area contributed by atoms with Gasteiger partial charge in [0.2, 0.25) is 10.5 Å². The van der Waals surface area contributed by atoms with Crippen LogP contribution in [0.1, 0.15) is 11.1 Å². The Bertz CT molecular complexity index is 667. The van der Waals surface area contributed by atoms with Crippen LogP contribution in [0.2, 0.25) is 0 Å². The maximum Gasteiger partial charge on any atom is 0.245 e. The van der Waals surface area contributed by atoms with Crippen LogP contribution in [0, 0.1) is 0 Å². The summed E-state index contributed by atoms with van der Waals surface area (Å²) in [6, 6.07) is 11.6. The molecule has 4 heteroatoms. The molecule has 0 unspecified atom stereocenters. The Labute approximate surface area is 126 Å². The van der Waals surface area contributed by atoms with Gasteiger partial charge in [0.15, 0.2) is 0 Å². The summed E-state index contributed by atoms with van der Waals surface area (Å²) in [4.78, 5) is 21.4. The third-order valence-corrected chi connectivity index (χ3v) is 2.95. The van der Waals surface area contributed by atoms with Crippen molar-refractivity contribution in [2.45, 2.75) is 0 Å². The summed E-state index contributed by atoms with van der Waals surface area (Å²) in [5, 5.41) is 1.06. The minimum Gasteiger partial charge on any atom is -0.276 e. The van der Waals surface area contributed by atoms with Gasteiger partial charge in [0, 0.05) is 0 Å². The first kappa shape index (κ1) is 14.5. The summed E-state index contributed by atoms with van der Waals surface area (Å²) in [5.74, 6) is 0. The average molecular weight is 305 g/mol. The SMILES string of the molecule is O=C(Cl)C=Cc1ccc2cc(C=CC(=O)Cl)ccc2c1. The Morgan fingerprint density at radius 2 is 1.15 bits per heavy atom. The molecule has 0 aliphatic rings. The maximum absolute atomic E-state index is 10.7. The molecule has 0 amide bonds. The highest BCUT2D eigenvalue weighted by molar-refractivity contribution is 6.67. The van der Waals surface area contributed by atoms with Crippen molar-refractivity contribution in [3.63, 3.8) is 0 Å². The molecule has 0 heterocycles. The van der Waals surface area contributed by atoms with E-state index >= 15 is 0 Å². The Hall–Kier alpha value is -1.90. The van der Waals surface area contributed by atoms with Crippen LogP contribution in [0.4, 0.5) is 0 Å². The fourth-order valence-corrected chi connectivity index (χ4v) is 1.94. The molecule has 0 saturated carbocycles. The van der Waals surface area contributed by atoms with Gasteiger partial charge in [0.1, 0.15) is 0 Å². The lowest BCUT2D eigenvalue weighted by Crippen LogP contribution is -1.81. The van der Waals surface area contributed by atoms with E-state index in [9.17, 15) is 9.59 Å². The van der Waals surface area contributed by atoms with Gasteiger partial charge in [-0.05, 0) is 69.4 Å². The van der Waals surface area contributed by atoms with Crippen LogP contribution in [0.5, 0.6) is 0 Å². The zero-order chi connectivity index (χ0) is 14.5. The molecule has 2 aromatic carbocycles. The van der Waals surface area contributed by atoms with E-state index in [0.717, 1.165) is 21.9 Å². The zero-order valence-electron chi connectivity index (χ0n) is 10.3. The van der Waals surface area contributed by atoms with Crippen molar-refractivity contribution < 1.29 is 9.59 Å². The minimum absolute atomic E-state index is 0.503. The maximum atomic E-state index is 10.7. The molecular formula is C16H10Cl2O2. The lowest BCUT2D eigenvalue weighted by molar-refractivity contribution is -0.108. The van der Waals surface area contributed by atoms with E-state index in [1.165, 1.54) is 12.2 Å². The summed E-state index contributed by atoms with van der Waals surface area (Å²) >= 11 is 10.5. The summed E-state index contributed by atoms with van der Waals surface area (Å²) in [6.07, 6.45) is 5.95. The molecule has 20 heavy (non-hydrogen) atoms. The standard InChI is InChI=1S/C16H10Cl2O2/c17-15(19)7-3-11-1-5-13-10-12(4-8-16(18)20)2-6-14(13)9-11/h1-10H. The number of hydrogen-bond acceptors (Lipinski definition) is 2. The van der Waals surface area contributed by atoms with Crippen LogP contribution in [-0.4, -0.2) is 10.5 Å². The highest BCUT2D eigenvalue weighted by Crippen LogP contribution is 2.19. The molecule has 0 atom stereocenters. The fourth-order valence-electron chi connectivity index (χ4n) is 1.81. The van der Waals surface area contributed by atoms with E-state index < -0.39 is 10.5 Å². The van der Waals surface area contributed by atoms with Crippen molar-refractivity contribution >= 4 is 56.6 Å². The van der Waals surface area contributed by atoms with Crippen LogP contribution in [0.25, 0.3) is 22.9 Å². The second-order valence-electron chi connectivity index (χ2n) is 4.14. The molecule has 0 fully saturated rings. The van der Waals surface area contributed by atoms with Crippen molar-refractivity contribution in [1.29, 1.82) is 0 Å². The van der Waals surface area contributed by atoms with Crippen molar-refractivity contribution in [2.24, 2.45) is 0 Å². The van der Waals surface area contributed by atoms with Gasteiger partial charge < -0.3 is 0 Å². The highest BCUT2D eigenvalue weighted by atomic mass is 35.5. The molecule has 2 rings (SSSR count). The highest BCUT2D eigenvalue weighted by Gasteiger charge is 1.97. The molecular weight excluding hydrogens is 295 g/mol. The minimum atomic E-state index is -0.503. The number of benzene rings is 2. The lowest BCUT2D eigenvalue weighted by atomic mass is 10.0. The Kier molecular flexibility index (Phi) is 4.72. The van der Waals surface area contributed by atoms with Gasteiger partial charge in [-0.2, -0.15) is 0 Å². The van der Waals surface area contributed by atoms with Crippen LogP contribution >= 0.6 is 23.2 Å².